The summed E-state index contributed by atoms with van der Waals surface area (Å²) in [5, 5.41) is 4.92. The smallest absolute Gasteiger partial charge is 0.265 e. The van der Waals surface area contributed by atoms with Gasteiger partial charge in [-0.1, -0.05) is 0 Å². The molecule has 8 heteroatoms. The van der Waals surface area contributed by atoms with Gasteiger partial charge in [0, 0.05) is 35.3 Å². The third-order valence-corrected chi connectivity index (χ3v) is 5.66. The number of hydrogen-bond acceptors (Lipinski definition) is 5. The van der Waals surface area contributed by atoms with Gasteiger partial charge in [0.25, 0.3) is 5.91 Å². The van der Waals surface area contributed by atoms with E-state index in [0.29, 0.717) is 4.88 Å². The molecule has 0 aliphatic heterocycles. The van der Waals surface area contributed by atoms with Crippen LogP contribution in [0.1, 0.15) is 9.67 Å². The fourth-order valence-electron chi connectivity index (χ4n) is 2.68. The zero-order chi connectivity index (χ0) is 16.8. The Morgan fingerprint density at radius 1 is 1.16 bits per heavy atom. The average molecular weight is 365 g/mol. The lowest BCUT2D eigenvalue weighted by atomic mass is 10.2. The molecule has 0 fully saturated rings. The number of anilines is 1. The molecule has 0 saturated carbocycles. The molecule has 0 aliphatic rings. The Hall–Kier alpha value is -2.97. The lowest BCUT2D eigenvalue weighted by Crippen LogP contribution is -2.10. The van der Waals surface area contributed by atoms with Crippen LogP contribution in [0.25, 0.3) is 21.0 Å². The Bertz CT molecular complexity index is 1180. The van der Waals surface area contributed by atoms with Crippen molar-refractivity contribution in [2.24, 2.45) is 0 Å². The maximum atomic E-state index is 12.5. The van der Waals surface area contributed by atoms with Crippen LogP contribution >= 0.6 is 22.7 Å². The molecule has 1 aromatic carbocycles. The highest BCUT2D eigenvalue weighted by atomic mass is 32.1. The number of imidazole rings is 2. The van der Waals surface area contributed by atoms with Crippen LogP contribution in [0.5, 0.6) is 0 Å². The number of thiazole rings is 1. The molecule has 5 rings (SSSR count). The van der Waals surface area contributed by atoms with E-state index in [0.717, 1.165) is 26.7 Å². The minimum absolute atomic E-state index is 0.123. The van der Waals surface area contributed by atoms with Crippen LogP contribution in [-0.4, -0.2) is 24.8 Å². The van der Waals surface area contributed by atoms with Gasteiger partial charge in [0.2, 0.25) is 0 Å². The van der Waals surface area contributed by atoms with Crippen molar-refractivity contribution in [3.8, 4) is 5.69 Å². The van der Waals surface area contributed by atoms with E-state index in [1.165, 1.54) is 11.3 Å². The van der Waals surface area contributed by atoms with E-state index in [-0.39, 0.29) is 5.91 Å². The number of aromatic nitrogens is 4. The van der Waals surface area contributed by atoms with E-state index in [4.69, 9.17) is 0 Å². The molecule has 5 aromatic rings. The monoisotopic (exact) mass is 365 g/mol. The summed E-state index contributed by atoms with van der Waals surface area (Å²) in [6, 6.07) is 9.53. The van der Waals surface area contributed by atoms with Crippen LogP contribution in [0.4, 0.5) is 5.69 Å². The van der Waals surface area contributed by atoms with Crippen LogP contribution in [0.15, 0.2) is 60.6 Å². The molecular weight excluding hydrogens is 354 g/mol. The molecule has 0 atom stereocenters. The molecule has 0 unspecified atom stereocenters. The van der Waals surface area contributed by atoms with E-state index in [9.17, 15) is 4.79 Å². The highest BCUT2D eigenvalue weighted by Gasteiger charge is 2.15. The van der Waals surface area contributed by atoms with E-state index in [1.807, 2.05) is 57.1 Å². The van der Waals surface area contributed by atoms with Gasteiger partial charge < -0.3 is 9.88 Å². The van der Waals surface area contributed by atoms with E-state index in [1.54, 1.807) is 23.9 Å². The Morgan fingerprint density at radius 2 is 2.04 bits per heavy atom. The number of nitrogens with one attached hydrogen (secondary N) is 1. The van der Waals surface area contributed by atoms with Gasteiger partial charge in [-0.15, -0.1) is 22.7 Å². The maximum absolute atomic E-state index is 12.5. The van der Waals surface area contributed by atoms with Crippen molar-refractivity contribution in [2.75, 3.05) is 5.32 Å². The second kappa shape index (κ2) is 5.54. The van der Waals surface area contributed by atoms with Crippen molar-refractivity contribution >= 4 is 49.6 Å². The van der Waals surface area contributed by atoms with Crippen molar-refractivity contribution in [3.63, 3.8) is 0 Å². The second-order valence-electron chi connectivity index (χ2n) is 5.44. The van der Waals surface area contributed by atoms with Gasteiger partial charge in [0.15, 0.2) is 4.96 Å². The largest absolute Gasteiger partial charge is 0.321 e. The lowest BCUT2D eigenvalue weighted by molar-refractivity contribution is 0.103. The zero-order valence-electron chi connectivity index (χ0n) is 12.8. The van der Waals surface area contributed by atoms with E-state index >= 15 is 0 Å². The van der Waals surface area contributed by atoms with Gasteiger partial charge in [-0.25, -0.2) is 9.97 Å². The summed E-state index contributed by atoms with van der Waals surface area (Å²) in [6.45, 7) is 0. The predicted octanol–water partition coefficient (Wildman–Crippen LogP) is 4.05. The third-order valence-electron chi connectivity index (χ3n) is 3.89. The van der Waals surface area contributed by atoms with Gasteiger partial charge in [0.05, 0.1) is 16.7 Å². The summed E-state index contributed by atoms with van der Waals surface area (Å²) in [4.78, 5) is 23.6. The summed E-state index contributed by atoms with van der Waals surface area (Å²) >= 11 is 2.99. The molecule has 122 valence electrons. The number of nitrogens with zero attached hydrogens (tertiary/aromatic N) is 4. The molecule has 0 saturated heterocycles. The van der Waals surface area contributed by atoms with Gasteiger partial charge >= 0.3 is 0 Å². The Kier molecular flexibility index (Phi) is 3.19. The highest BCUT2D eigenvalue weighted by molar-refractivity contribution is 7.21. The Labute approximate surface area is 150 Å². The van der Waals surface area contributed by atoms with Crippen LogP contribution in [0.2, 0.25) is 0 Å². The minimum Gasteiger partial charge on any atom is -0.321 e. The third kappa shape index (κ3) is 2.43. The van der Waals surface area contributed by atoms with E-state index < -0.39 is 0 Å². The molecule has 1 amide bonds. The fourth-order valence-corrected chi connectivity index (χ4v) is 4.38. The molecular formula is C17H11N5OS2. The standard InChI is InChI=1S/C17H11N5OS2/c23-15(14-9-13-16(25-14)20-17-22(13)7-8-24-17)19-11-1-3-12(4-2-11)21-6-5-18-10-21/h1-10H,(H,19,23). The average Bonchev–Trinajstić information content (AvgIpc) is 3.37. The number of hydrogen-bond donors (Lipinski definition) is 1. The lowest BCUT2D eigenvalue weighted by Gasteiger charge is -2.06. The van der Waals surface area contributed by atoms with Gasteiger partial charge in [-0.2, -0.15) is 0 Å². The number of benzene rings is 1. The summed E-state index contributed by atoms with van der Waals surface area (Å²) in [6.07, 6.45) is 7.31. The second-order valence-corrected chi connectivity index (χ2v) is 7.34. The molecule has 4 heterocycles. The van der Waals surface area contributed by atoms with Crippen LogP contribution in [0.3, 0.4) is 0 Å². The first kappa shape index (κ1) is 14.4. The van der Waals surface area contributed by atoms with E-state index in [2.05, 4.69) is 15.3 Å². The van der Waals surface area contributed by atoms with Crippen LogP contribution < -0.4 is 5.32 Å². The van der Waals surface area contributed by atoms with Crippen LogP contribution in [0, 0.1) is 0 Å². The van der Waals surface area contributed by atoms with Crippen LogP contribution in [-0.2, 0) is 0 Å². The molecule has 0 radical (unpaired) electrons. The molecule has 0 bridgehead atoms. The van der Waals surface area contributed by atoms with Gasteiger partial charge in [-0.3, -0.25) is 9.20 Å². The number of thiophene rings is 1. The molecule has 25 heavy (non-hydrogen) atoms. The number of carbonyl (C=O) groups excluding carboxylic acids is 1. The highest BCUT2D eigenvalue weighted by Crippen LogP contribution is 2.28. The van der Waals surface area contributed by atoms with Gasteiger partial charge in [-0.05, 0) is 30.3 Å². The first-order chi connectivity index (χ1) is 12.3. The number of amides is 1. The SMILES string of the molecule is O=C(Nc1ccc(-n2ccnc2)cc1)c1cc2c(nc3sccn32)s1. The van der Waals surface area contributed by atoms with Crippen molar-refractivity contribution in [1.82, 2.24) is 18.9 Å². The minimum atomic E-state index is -0.123. The zero-order valence-corrected chi connectivity index (χ0v) is 14.4. The van der Waals surface area contributed by atoms with Gasteiger partial charge in [0.1, 0.15) is 4.83 Å². The maximum Gasteiger partial charge on any atom is 0.265 e. The molecule has 0 spiro atoms. The van der Waals surface area contributed by atoms with Crippen molar-refractivity contribution in [3.05, 3.63) is 65.5 Å². The quantitative estimate of drug-likeness (QED) is 0.525. The Balaban J connectivity index is 1.39. The first-order valence-corrected chi connectivity index (χ1v) is 9.22. The molecule has 4 aromatic heterocycles. The fraction of sp³-hybridized carbons (Fsp3) is 0. The Morgan fingerprint density at radius 3 is 2.84 bits per heavy atom. The van der Waals surface area contributed by atoms with Crippen molar-refractivity contribution < 1.29 is 4.79 Å². The normalized spacial score (nSPS) is 11.4. The topological polar surface area (TPSA) is 64.2 Å². The number of carbonyl (C=O) groups is 1. The summed E-state index contributed by atoms with van der Waals surface area (Å²) in [7, 11) is 0. The summed E-state index contributed by atoms with van der Waals surface area (Å²) in [5.74, 6) is -0.123. The summed E-state index contributed by atoms with van der Waals surface area (Å²) < 4.78 is 3.92. The first-order valence-electron chi connectivity index (χ1n) is 7.53. The molecule has 6 nitrogen and oxygen atoms in total. The number of fused-ring (bicyclic) bond motifs is 3. The predicted molar refractivity (Wildman–Crippen MR) is 100.0 cm³/mol. The number of rotatable bonds is 3. The van der Waals surface area contributed by atoms with Crippen molar-refractivity contribution in [1.29, 1.82) is 0 Å². The molecule has 1 N–H and O–H groups in total. The summed E-state index contributed by atoms with van der Waals surface area (Å²) in [5.41, 5.74) is 2.72. The molecule has 0 aliphatic carbocycles. The van der Waals surface area contributed by atoms with Crippen molar-refractivity contribution in [2.45, 2.75) is 0 Å².